The fourth-order valence-corrected chi connectivity index (χ4v) is 2.54. The van der Waals surface area contributed by atoms with Gasteiger partial charge in [0.05, 0.1) is 0 Å². The number of rotatable bonds is 3. The van der Waals surface area contributed by atoms with Crippen molar-refractivity contribution in [3.63, 3.8) is 0 Å². The number of amides is 1. The lowest BCUT2D eigenvalue weighted by atomic mass is 9.98. The van der Waals surface area contributed by atoms with E-state index in [2.05, 4.69) is 11.9 Å². The highest BCUT2D eigenvalue weighted by Gasteiger charge is 2.27. The van der Waals surface area contributed by atoms with Gasteiger partial charge >= 0.3 is 0 Å². The molecule has 1 unspecified atom stereocenters. The average molecular weight is 232 g/mol. The van der Waals surface area contributed by atoms with Crippen LogP contribution in [0.5, 0.6) is 0 Å². The predicted molar refractivity (Wildman–Crippen MR) is 67.8 cm³/mol. The molecule has 1 aliphatic heterocycles. The van der Waals surface area contributed by atoms with E-state index in [4.69, 9.17) is 0 Å². The SMILES string of the molecule is CCCC1CCCCN1C(=O)c1ccccn1. The van der Waals surface area contributed by atoms with E-state index in [1.807, 2.05) is 17.0 Å². The fraction of sp³-hybridized carbons (Fsp3) is 0.571. The molecule has 1 fully saturated rings. The minimum Gasteiger partial charge on any atom is -0.334 e. The molecule has 0 radical (unpaired) electrons. The first-order valence-corrected chi connectivity index (χ1v) is 6.55. The van der Waals surface area contributed by atoms with E-state index in [0.717, 1.165) is 32.2 Å². The molecular weight excluding hydrogens is 212 g/mol. The van der Waals surface area contributed by atoms with Gasteiger partial charge in [-0.25, -0.2) is 0 Å². The normalized spacial score (nSPS) is 20.3. The molecule has 1 aromatic rings. The van der Waals surface area contributed by atoms with Gasteiger partial charge in [-0.2, -0.15) is 0 Å². The number of carbonyl (C=O) groups is 1. The molecule has 92 valence electrons. The molecule has 0 bridgehead atoms. The molecule has 1 saturated heterocycles. The van der Waals surface area contributed by atoms with Crippen LogP contribution in [0.1, 0.15) is 49.5 Å². The lowest BCUT2D eigenvalue weighted by Crippen LogP contribution is -2.43. The van der Waals surface area contributed by atoms with Crippen molar-refractivity contribution in [2.24, 2.45) is 0 Å². The molecule has 3 heteroatoms. The highest BCUT2D eigenvalue weighted by molar-refractivity contribution is 5.92. The molecule has 1 aliphatic rings. The van der Waals surface area contributed by atoms with Gasteiger partial charge in [-0.1, -0.05) is 19.4 Å². The molecular formula is C14H20N2O. The first kappa shape index (κ1) is 12.1. The molecule has 1 amide bonds. The second-order valence-electron chi connectivity index (χ2n) is 4.65. The van der Waals surface area contributed by atoms with E-state index in [1.165, 1.54) is 6.42 Å². The summed E-state index contributed by atoms with van der Waals surface area (Å²) in [5.41, 5.74) is 0.579. The molecule has 17 heavy (non-hydrogen) atoms. The fourth-order valence-electron chi connectivity index (χ4n) is 2.54. The Morgan fingerprint density at radius 3 is 3.06 bits per heavy atom. The highest BCUT2D eigenvalue weighted by Crippen LogP contribution is 2.22. The van der Waals surface area contributed by atoms with Crippen LogP contribution >= 0.6 is 0 Å². The van der Waals surface area contributed by atoms with Gasteiger partial charge in [-0.3, -0.25) is 9.78 Å². The molecule has 0 spiro atoms. The van der Waals surface area contributed by atoms with Crippen molar-refractivity contribution in [3.05, 3.63) is 30.1 Å². The highest BCUT2D eigenvalue weighted by atomic mass is 16.2. The minimum atomic E-state index is 0.101. The van der Waals surface area contributed by atoms with Crippen molar-refractivity contribution in [1.82, 2.24) is 9.88 Å². The van der Waals surface area contributed by atoms with E-state index >= 15 is 0 Å². The van der Waals surface area contributed by atoms with Crippen LogP contribution < -0.4 is 0 Å². The molecule has 3 nitrogen and oxygen atoms in total. The second kappa shape index (κ2) is 5.80. The van der Waals surface area contributed by atoms with Crippen LogP contribution in [0.25, 0.3) is 0 Å². The van der Waals surface area contributed by atoms with Crippen LogP contribution in [0.3, 0.4) is 0 Å². The summed E-state index contributed by atoms with van der Waals surface area (Å²) in [6.07, 6.45) is 7.45. The van der Waals surface area contributed by atoms with Crippen LogP contribution in [-0.2, 0) is 0 Å². The van der Waals surface area contributed by atoms with Gasteiger partial charge in [0.1, 0.15) is 5.69 Å². The van der Waals surface area contributed by atoms with Gasteiger partial charge in [-0.05, 0) is 37.8 Å². The van der Waals surface area contributed by atoms with Gasteiger partial charge in [-0.15, -0.1) is 0 Å². The molecule has 0 aliphatic carbocycles. The zero-order chi connectivity index (χ0) is 12.1. The second-order valence-corrected chi connectivity index (χ2v) is 4.65. The molecule has 0 saturated carbocycles. The number of piperidine rings is 1. The van der Waals surface area contributed by atoms with Crippen LogP contribution in [0.4, 0.5) is 0 Å². The molecule has 0 N–H and O–H groups in total. The van der Waals surface area contributed by atoms with E-state index in [-0.39, 0.29) is 5.91 Å². The number of pyridine rings is 1. The Balaban J connectivity index is 2.11. The van der Waals surface area contributed by atoms with Gasteiger partial charge < -0.3 is 4.90 Å². The summed E-state index contributed by atoms with van der Waals surface area (Å²) in [6, 6.07) is 5.94. The van der Waals surface area contributed by atoms with Crippen LogP contribution in [0.2, 0.25) is 0 Å². The first-order valence-electron chi connectivity index (χ1n) is 6.55. The number of nitrogens with zero attached hydrogens (tertiary/aromatic N) is 2. The zero-order valence-electron chi connectivity index (χ0n) is 10.4. The van der Waals surface area contributed by atoms with Gasteiger partial charge in [0.2, 0.25) is 0 Å². The van der Waals surface area contributed by atoms with Gasteiger partial charge in [0, 0.05) is 18.8 Å². The summed E-state index contributed by atoms with van der Waals surface area (Å²) in [5, 5.41) is 0. The number of hydrogen-bond donors (Lipinski definition) is 0. The third-order valence-corrected chi connectivity index (χ3v) is 3.39. The molecule has 0 aromatic carbocycles. The topological polar surface area (TPSA) is 33.2 Å². The molecule has 2 rings (SSSR count). The Morgan fingerprint density at radius 1 is 1.47 bits per heavy atom. The quantitative estimate of drug-likeness (QED) is 0.803. The number of likely N-dealkylation sites (tertiary alicyclic amines) is 1. The predicted octanol–water partition coefficient (Wildman–Crippen LogP) is 2.88. The molecule has 2 heterocycles. The van der Waals surface area contributed by atoms with E-state index < -0.39 is 0 Å². The van der Waals surface area contributed by atoms with E-state index in [9.17, 15) is 4.79 Å². The van der Waals surface area contributed by atoms with Crippen molar-refractivity contribution in [2.75, 3.05) is 6.54 Å². The number of carbonyl (C=O) groups excluding carboxylic acids is 1. The van der Waals surface area contributed by atoms with Crippen molar-refractivity contribution in [3.8, 4) is 0 Å². The number of hydrogen-bond acceptors (Lipinski definition) is 2. The Labute approximate surface area is 103 Å². The first-order chi connectivity index (χ1) is 8.33. The Morgan fingerprint density at radius 2 is 2.35 bits per heavy atom. The maximum absolute atomic E-state index is 12.3. The van der Waals surface area contributed by atoms with E-state index in [1.54, 1.807) is 12.3 Å². The van der Waals surface area contributed by atoms with Crippen molar-refractivity contribution in [1.29, 1.82) is 0 Å². The van der Waals surface area contributed by atoms with Crippen molar-refractivity contribution in [2.45, 2.75) is 45.1 Å². The summed E-state index contributed by atoms with van der Waals surface area (Å²) < 4.78 is 0. The van der Waals surface area contributed by atoms with Crippen LogP contribution in [0.15, 0.2) is 24.4 Å². The average Bonchev–Trinajstić information content (AvgIpc) is 2.40. The van der Waals surface area contributed by atoms with E-state index in [0.29, 0.717) is 11.7 Å². The van der Waals surface area contributed by atoms with Gasteiger partial charge in [0.15, 0.2) is 0 Å². The Hall–Kier alpha value is -1.38. The number of aromatic nitrogens is 1. The smallest absolute Gasteiger partial charge is 0.272 e. The molecule has 1 atom stereocenters. The zero-order valence-corrected chi connectivity index (χ0v) is 10.4. The standard InChI is InChI=1S/C14H20N2O/c1-2-7-12-8-4-6-11-16(12)14(17)13-9-3-5-10-15-13/h3,5,9-10,12H,2,4,6-8,11H2,1H3. The van der Waals surface area contributed by atoms with Crippen LogP contribution in [-0.4, -0.2) is 28.4 Å². The lowest BCUT2D eigenvalue weighted by molar-refractivity contribution is 0.0594. The van der Waals surface area contributed by atoms with Crippen LogP contribution in [0, 0.1) is 0 Å². The van der Waals surface area contributed by atoms with Gasteiger partial charge in [0.25, 0.3) is 5.91 Å². The maximum Gasteiger partial charge on any atom is 0.272 e. The summed E-state index contributed by atoms with van der Waals surface area (Å²) >= 11 is 0. The largest absolute Gasteiger partial charge is 0.334 e. The Bertz CT molecular complexity index is 362. The summed E-state index contributed by atoms with van der Waals surface area (Å²) in [6.45, 7) is 3.07. The maximum atomic E-state index is 12.3. The third-order valence-electron chi connectivity index (χ3n) is 3.39. The summed E-state index contributed by atoms with van der Waals surface area (Å²) in [5.74, 6) is 0.101. The minimum absolute atomic E-state index is 0.101. The van der Waals surface area contributed by atoms with Crippen molar-refractivity contribution >= 4 is 5.91 Å². The molecule has 1 aromatic heterocycles. The summed E-state index contributed by atoms with van der Waals surface area (Å²) in [4.78, 5) is 18.5. The summed E-state index contributed by atoms with van der Waals surface area (Å²) in [7, 11) is 0. The third kappa shape index (κ3) is 2.84. The Kier molecular flexibility index (Phi) is 4.13. The lowest BCUT2D eigenvalue weighted by Gasteiger charge is -2.35. The van der Waals surface area contributed by atoms with Crippen molar-refractivity contribution < 1.29 is 4.79 Å². The monoisotopic (exact) mass is 232 g/mol.